The lowest BCUT2D eigenvalue weighted by Crippen LogP contribution is -2.37. The number of hydrogen-bond acceptors (Lipinski definition) is 5. The third kappa shape index (κ3) is 8.19. The first-order chi connectivity index (χ1) is 12.0. The predicted molar refractivity (Wildman–Crippen MR) is 113 cm³/mol. The van der Waals surface area contributed by atoms with E-state index in [-0.39, 0.29) is 30.1 Å². The number of aliphatic imine (C=N–C) groups is 1. The number of guanidine groups is 1. The molecular weight excluding hydrogens is 469 g/mol. The predicted octanol–water partition coefficient (Wildman–Crippen LogP) is 1.57. The lowest BCUT2D eigenvalue weighted by atomic mass is 10.2. The second-order valence-corrected chi connectivity index (χ2v) is 7.99. The Morgan fingerprint density at radius 2 is 2.04 bits per heavy atom. The van der Waals surface area contributed by atoms with Crippen molar-refractivity contribution < 1.29 is 17.9 Å². The molecular formula is C17H28IN3O4S. The van der Waals surface area contributed by atoms with E-state index in [4.69, 9.17) is 9.47 Å². The number of rotatable bonds is 8. The van der Waals surface area contributed by atoms with Gasteiger partial charge in [-0.25, -0.2) is 8.42 Å². The first kappa shape index (κ1) is 23.1. The van der Waals surface area contributed by atoms with Gasteiger partial charge in [0.2, 0.25) is 0 Å². The summed E-state index contributed by atoms with van der Waals surface area (Å²) in [6, 6.07) is 6.83. The maximum atomic E-state index is 11.5. The molecule has 0 radical (unpaired) electrons. The van der Waals surface area contributed by atoms with Gasteiger partial charge in [-0.1, -0.05) is 12.1 Å². The molecule has 9 heteroatoms. The van der Waals surface area contributed by atoms with Crippen LogP contribution in [-0.2, 0) is 25.9 Å². The van der Waals surface area contributed by atoms with Crippen molar-refractivity contribution in [3.05, 3.63) is 29.8 Å². The summed E-state index contributed by atoms with van der Waals surface area (Å²) in [7, 11) is -1.44. The van der Waals surface area contributed by atoms with Gasteiger partial charge in [-0.3, -0.25) is 4.99 Å². The molecule has 0 bridgehead atoms. The van der Waals surface area contributed by atoms with E-state index in [1.54, 1.807) is 31.3 Å². The molecule has 1 unspecified atom stereocenters. The minimum atomic E-state index is -3.16. The van der Waals surface area contributed by atoms with Gasteiger partial charge in [-0.05, 0) is 30.5 Å². The molecule has 1 saturated heterocycles. The second-order valence-electron chi connectivity index (χ2n) is 5.98. The Morgan fingerprint density at radius 1 is 1.31 bits per heavy atom. The maximum absolute atomic E-state index is 11.5. The molecule has 2 rings (SSSR count). The van der Waals surface area contributed by atoms with Crippen LogP contribution in [0.2, 0.25) is 0 Å². The minimum absolute atomic E-state index is 0. The molecule has 1 atom stereocenters. The van der Waals surface area contributed by atoms with Crippen molar-refractivity contribution in [3.63, 3.8) is 0 Å². The maximum Gasteiger partial charge on any atom is 0.191 e. The number of nitrogens with one attached hydrogen (secondary N) is 2. The van der Waals surface area contributed by atoms with E-state index in [0.29, 0.717) is 30.6 Å². The van der Waals surface area contributed by atoms with Gasteiger partial charge in [0.25, 0.3) is 0 Å². The van der Waals surface area contributed by atoms with E-state index in [2.05, 4.69) is 15.6 Å². The summed E-state index contributed by atoms with van der Waals surface area (Å²) in [6.45, 7) is 3.53. The van der Waals surface area contributed by atoms with E-state index < -0.39 is 9.84 Å². The van der Waals surface area contributed by atoms with Crippen molar-refractivity contribution in [1.82, 2.24) is 10.6 Å². The lowest BCUT2D eigenvalue weighted by Gasteiger charge is -2.13. The fourth-order valence-electron chi connectivity index (χ4n) is 2.43. The van der Waals surface area contributed by atoms with Crippen LogP contribution in [0.5, 0.6) is 0 Å². The summed E-state index contributed by atoms with van der Waals surface area (Å²) in [4.78, 5) is 4.50. The number of benzene rings is 1. The van der Waals surface area contributed by atoms with Crippen LogP contribution in [0, 0.1) is 0 Å². The van der Waals surface area contributed by atoms with Crippen molar-refractivity contribution in [2.75, 3.05) is 39.7 Å². The van der Waals surface area contributed by atoms with Crippen molar-refractivity contribution in [2.24, 2.45) is 4.99 Å². The summed E-state index contributed by atoms with van der Waals surface area (Å²) in [5, 5.41) is 6.44. The van der Waals surface area contributed by atoms with Crippen LogP contribution in [0.15, 0.2) is 34.2 Å². The van der Waals surface area contributed by atoms with Gasteiger partial charge in [-0.2, -0.15) is 0 Å². The normalized spacial score (nSPS) is 17.6. The standard InChI is InChI=1S/C17H27N3O4S.HI/c1-18-17(19-9-3-10-24-15-8-11-23-13-15)20-12-14-4-6-16(7-5-14)25(2,21)22;/h4-7,15H,3,8-13H2,1-2H3,(H2,18,19,20);1H. The number of sulfone groups is 1. The third-order valence-electron chi connectivity index (χ3n) is 3.89. The van der Waals surface area contributed by atoms with E-state index in [0.717, 1.165) is 31.6 Å². The average molecular weight is 497 g/mol. The highest BCUT2D eigenvalue weighted by Crippen LogP contribution is 2.10. The van der Waals surface area contributed by atoms with E-state index >= 15 is 0 Å². The Labute approximate surface area is 172 Å². The Morgan fingerprint density at radius 3 is 2.62 bits per heavy atom. The molecule has 26 heavy (non-hydrogen) atoms. The molecule has 1 aromatic rings. The first-order valence-electron chi connectivity index (χ1n) is 8.42. The molecule has 1 aliphatic rings. The number of hydrogen-bond donors (Lipinski definition) is 2. The Kier molecular flexibility index (Phi) is 10.4. The van der Waals surface area contributed by atoms with Crippen molar-refractivity contribution in [2.45, 2.75) is 30.4 Å². The summed E-state index contributed by atoms with van der Waals surface area (Å²) < 4.78 is 33.9. The Bertz CT molecular complexity index is 659. The minimum Gasteiger partial charge on any atom is -0.379 e. The lowest BCUT2D eigenvalue weighted by molar-refractivity contribution is 0.0420. The number of halogens is 1. The van der Waals surface area contributed by atoms with Crippen LogP contribution < -0.4 is 10.6 Å². The summed E-state index contributed by atoms with van der Waals surface area (Å²) in [6.07, 6.45) is 3.32. The molecule has 2 N–H and O–H groups in total. The van der Waals surface area contributed by atoms with Gasteiger partial charge in [0.15, 0.2) is 15.8 Å². The first-order valence-corrected chi connectivity index (χ1v) is 10.3. The summed E-state index contributed by atoms with van der Waals surface area (Å²) in [5.74, 6) is 0.705. The zero-order valence-corrected chi connectivity index (χ0v) is 18.4. The largest absolute Gasteiger partial charge is 0.379 e. The molecule has 148 valence electrons. The molecule has 1 fully saturated rings. The second kappa shape index (κ2) is 11.7. The van der Waals surface area contributed by atoms with Gasteiger partial charge in [0.1, 0.15) is 0 Å². The molecule has 1 heterocycles. The van der Waals surface area contributed by atoms with Crippen LogP contribution >= 0.6 is 24.0 Å². The highest BCUT2D eigenvalue weighted by Gasteiger charge is 2.15. The molecule has 7 nitrogen and oxygen atoms in total. The summed E-state index contributed by atoms with van der Waals surface area (Å²) in [5.41, 5.74) is 0.986. The van der Waals surface area contributed by atoms with Gasteiger partial charge < -0.3 is 20.1 Å². The highest BCUT2D eigenvalue weighted by molar-refractivity contribution is 14.0. The van der Waals surface area contributed by atoms with Crippen molar-refractivity contribution >= 4 is 39.8 Å². The van der Waals surface area contributed by atoms with Crippen LogP contribution in [-0.4, -0.2) is 60.2 Å². The van der Waals surface area contributed by atoms with Gasteiger partial charge in [0.05, 0.1) is 17.6 Å². The fourth-order valence-corrected chi connectivity index (χ4v) is 3.06. The number of ether oxygens (including phenoxy) is 2. The molecule has 0 spiro atoms. The quantitative estimate of drug-likeness (QED) is 0.246. The highest BCUT2D eigenvalue weighted by atomic mass is 127. The molecule has 0 aliphatic carbocycles. The molecule has 0 saturated carbocycles. The average Bonchev–Trinajstić information content (AvgIpc) is 3.10. The molecule has 0 amide bonds. The molecule has 0 aromatic heterocycles. The van der Waals surface area contributed by atoms with Crippen LogP contribution in [0.3, 0.4) is 0 Å². The smallest absolute Gasteiger partial charge is 0.191 e. The molecule has 1 aromatic carbocycles. The zero-order valence-electron chi connectivity index (χ0n) is 15.2. The van der Waals surface area contributed by atoms with Gasteiger partial charge >= 0.3 is 0 Å². The SMILES string of the molecule is CN=C(NCCCOC1CCOC1)NCc1ccc(S(C)(=O)=O)cc1.I. The van der Waals surface area contributed by atoms with Crippen LogP contribution in [0.1, 0.15) is 18.4 Å². The zero-order chi connectivity index (χ0) is 18.1. The van der Waals surface area contributed by atoms with E-state index in [9.17, 15) is 8.42 Å². The monoisotopic (exact) mass is 497 g/mol. The topological polar surface area (TPSA) is 89.0 Å². The Hall–Kier alpha value is -0.910. The van der Waals surface area contributed by atoms with Gasteiger partial charge in [-0.15, -0.1) is 24.0 Å². The van der Waals surface area contributed by atoms with Crippen LogP contribution in [0.25, 0.3) is 0 Å². The van der Waals surface area contributed by atoms with Crippen LogP contribution in [0.4, 0.5) is 0 Å². The third-order valence-corrected chi connectivity index (χ3v) is 5.02. The summed E-state index contributed by atoms with van der Waals surface area (Å²) >= 11 is 0. The molecule has 1 aliphatic heterocycles. The number of nitrogens with zero attached hydrogens (tertiary/aromatic N) is 1. The van der Waals surface area contributed by atoms with Crippen molar-refractivity contribution in [3.8, 4) is 0 Å². The Balaban J connectivity index is 0.00000338. The fraction of sp³-hybridized carbons (Fsp3) is 0.588. The van der Waals surface area contributed by atoms with E-state index in [1.807, 2.05) is 0 Å². The van der Waals surface area contributed by atoms with E-state index in [1.165, 1.54) is 6.26 Å². The van der Waals surface area contributed by atoms with Gasteiger partial charge in [0, 0.05) is 39.6 Å². The van der Waals surface area contributed by atoms with Crippen molar-refractivity contribution in [1.29, 1.82) is 0 Å².